The van der Waals surface area contributed by atoms with Crippen LogP contribution >= 0.6 is 0 Å². The van der Waals surface area contributed by atoms with E-state index in [9.17, 15) is 27.1 Å². The molecular formula is C24H19F3N4O5S. The number of carbonyl (C=O) groups is 1. The third-order valence-corrected chi connectivity index (χ3v) is 7.08. The van der Waals surface area contributed by atoms with Gasteiger partial charge in [-0.2, -0.15) is 8.78 Å². The fourth-order valence-corrected chi connectivity index (χ4v) is 5.03. The first-order valence-electron chi connectivity index (χ1n) is 10.9. The summed E-state index contributed by atoms with van der Waals surface area (Å²) >= 11 is 0. The first-order valence-corrected chi connectivity index (χ1v) is 12.8. The Balaban J connectivity index is 1.69. The number of imidazole rings is 1. The molecule has 0 saturated carbocycles. The van der Waals surface area contributed by atoms with Crippen molar-refractivity contribution in [1.29, 1.82) is 0 Å². The van der Waals surface area contributed by atoms with Gasteiger partial charge in [-0.3, -0.25) is 4.90 Å². The van der Waals surface area contributed by atoms with E-state index in [-0.39, 0.29) is 34.9 Å². The summed E-state index contributed by atoms with van der Waals surface area (Å²) in [7, 11) is -3.55. The molecule has 1 N–H and O–H groups in total. The topological polar surface area (TPSA) is 115 Å². The summed E-state index contributed by atoms with van der Waals surface area (Å²) in [4.78, 5) is 21.3. The van der Waals surface area contributed by atoms with Crippen molar-refractivity contribution < 1.29 is 36.2 Å². The Bertz CT molecular complexity index is 1620. The van der Waals surface area contributed by atoms with Crippen LogP contribution in [-0.2, 0) is 16.4 Å². The van der Waals surface area contributed by atoms with Crippen molar-refractivity contribution >= 4 is 27.0 Å². The average Bonchev–Trinajstić information content (AvgIpc) is 3.19. The molecule has 1 aliphatic rings. The molecule has 2 aromatic heterocycles. The van der Waals surface area contributed by atoms with Gasteiger partial charge in [0.25, 0.3) is 0 Å². The van der Waals surface area contributed by atoms with Gasteiger partial charge < -0.3 is 14.4 Å². The standard InChI is InChI=1S/C24H19F3N4O5S/c1-37(34,35)22-7-6-13(10-28-22)15-8-18-17(9-16(15)25)29-21-12-30(24(32)33)11-19(31(18)21)14-4-2-3-5-20(14)36-23(26)27/h2-10,19,23H,11-12H2,1H3,(H,32,33)/t19-/m1/s1. The van der Waals surface area contributed by atoms with Gasteiger partial charge in [-0.1, -0.05) is 18.2 Å². The molecule has 192 valence electrons. The molecule has 0 saturated heterocycles. The Morgan fingerprint density at radius 1 is 1.19 bits per heavy atom. The van der Waals surface area contributed by atoms with Gasteiger partial charge in [0, 0.05) is 41.8 Å². The van der Waals surface area contributed by atoms with Crippen LogP contribution in [0.2, 0.25) is 0 Å². The summed E-state index contributed by atoms with van der Waals surface area (Å²) in [5, 5.41) is 9.50. The van der Waals surface area contributed by atoms with E-state index in [4.69, 9.17) is 4.74 Å². The molecule has 3 heterocycles. The molecule has 0 fully saturated rings. The summed E-state index contributed by atoms with van der Waals surface area (Å²) in [6, 6.07) is 10.6. The third kappa shape index (κ3) is 4.57. The van der Waals surface area contributed by atoms with Crippen molar-refractivity contribution in [3.05, 3.63) is 71.9 Å². The van der Waals surface area contributed by atoms with Crippen molar-refractivity contribution in [1.82, 2.24) is 19.4 Å². The van der Waals surface area contributed by atoms with Crippen LogP contribution in [0.3, 0.4) is 0 Å². The second-order valence-corrected chi connectivity index (χ2v) is 10.4. The van der Waals surface area contributed by atoms with Crippen LogP contribution in [0.5, 0.6) is 5.75 Å². The largest absolute Gasteiger partial charge is 0.465 e. The summed E-state index contributed by atoms with van der Waals surface area (Å²) in [6.45, 7) is -3.28. The summed E-state index contributed by atoms with van der Waals surface area (Å²) in [5.41, 5.74) is 1.39. The number of amides is 1. The minimum Gasteiger partial charge on any atom is -0.465 e. The quantitative estimate of drug-likeness (QED) is 0.407. The Hall–Kier alpha value is -4.13. The van der Waals surface area contributed by atoms with Crippen LogP contribution < -0.4 is 4.74 Å². The molecule has 9 nitrogen and oxygen atoms in total. The van der Waals surface area contributed by atoms with E-state index in [0.29, 0.717) is 22.5 Å². The van der Waals surface area contributed by atoms with Crippen molar-refractivity contribution in [2.45, 2.75) is 24.2 Å². The number of hydrogen-bond donors (Lipinski definition) is 1. The highest BCUT2D eigenvalue weighted by Gasteiger charge is 2.34. The lowest BCUT2D eigenvalue weighted by molar-refractivity contribution is -0.0508. The number of pyridine rings is 1. The SMILES string of the molecule is CS(=O)(=O)c1ccc(-c2cc3c(cc2F)nc2n3[C@@H](c3ccccc3OC(F)F)CN(C(=O)O)C2)cn1. The lowest BCUT2D eigenvalue weighted by Gasteiger charge is -2.34. The zero-order valence-electron chi connectivity index (χ0n) is 19.2. The predicted molar refractivity (Wildman–Crippen MR) is 126 cm³/mol. The molecule has 37 heavy (non-hydrogen) atoms. The number of halogens is 3. The second kappa shape index (κ2) is 9.07. The molecule has 1 amide bonds. The maximum atomic E-state index is 15.1. The van der Waals surface area contributed by atoms with E-state index in [1.165, 1.54) is 42.6 Å². The van der Waals surface area contributed by atoms with Crippen molar-refractivity contribution in [2.24, 2.45) is 0 Å². The predicted octanol–water partition coefficient (Wildman–Crippen LogP) is 4.33. The second-order valence-electron chi connectivity index (χ2n) is 8.47. The number of sulfone groups is 1. The maximum absolute atomic E-state index is 15.1. The molecule has 0 unspecified atom stereocenters. The first-order chi connectivity index (χ1) is 17.5. The van der Waals surface area contributed by atoms with Crippen LogP contribution in [0.4, 0.5) is 18.0 Å². The van der Waals surface area contributed by atoms with E-state index in [1.807, 2.05) is 0 Å². The number of alkyl halides is 2. The molecule has 13 heteroatoms. The van der Waals surface area contributed by atoms with Gasteiger partial charge in [0.1, 0.15) is 17.4 Å². The zero-order chi connectivity index (χ0) is 26.5. The molecule has 5 rings (SSSR count). The molecule has 0 aliphatic carbocycles. The van der Waals surface area contributed by atoms with E-state index in [2.05, 4.69) is 9.97 Å². The van der Waals surface area contributed by atoms with Crippen LogP contribution in [0.1, 0.15) is 17.4 Å². The van der Waals surface area contributed by atoms with Crippen LogP contribution in [0.15, 0.2) is 59.8 Å². The Morgan fingerprint density at radius 2 is 1.95 bits per heavy atom. The smallest absolute Gasteiger partial charge is 0.407 e. The van der Waals surface area contributed by atoms with Crippen molar-refractivity contribution in [2.75, 3.05) is 12.8 Å². The zero-order valence-corrected chi connectivity index (χ0v) is 20.0. The van der Waals surface area contributed by atoms with E-state index < -0.39 is 34.4 Å². The average molecular weight is 533 g/mol. The number of ether oxygens (including phenoxy) is 1. The van der Waals surface area contributed by atoms with E-state index in [0.717, 1.165) is 11.2 Å². The van der Waals surface area contributed by atoms with Crippen LogP contribution in [-0.4, -0.2) is 58.5 Å². The van der Waals surface area contributed by atoms with E-state index in [1.54, 1.807) is 16.7 Å². The number of rotatable bonds is 5. The third-order valence-electron chi connectivity index (χ3n) is 6.08. The first kappa shape index (κ1) is 24.6. The summed E-state index contributed by atoms with van der Waals surface area (Å²) in [5.74, 6) is -0.474. The van der Waals surface area contributed by atoms with E-state index >= 15 is 4.39 Å². The number of hydrogen-bond acceptors (Lipinski definition) is 6. The Kier molecular flexibility index (Phi) is 6.02. The molecule has 0 spiro atoms. The summed E-state index contributed by atoms with van der Waals surface area (Å²) in [6.07, 6.45) is 1.03. The normalized spacial score (nSPS) is 15.7. The van der Waals surface area contributed by atoms with Crippen molar-refractivity contribution in [3.63, 3.8) is 0 Å². The minimum atomic E-state index is -3.55. The van der Waals surface area contributed by atoms with Crippen LogP contribution in [0, 0.1) is 5.82 Å². The fraction of sp³-hybridized carbons (Fsp3) is 0.208. The molecule has 2 aromatic carbocycles. The summed E-state index contributed by atoms with van der Waals surface area (Å²) < 4.78 is 71.2. The van der Waals surface area contributed by atoms with Gasteiger partial charge in [-0.25, -0.2) is 27.6 Å². The fourth-order valence-electron chi connectivity index (χ4n) is 4.47. The van der Waals surface area contributed by atoms with Crippen LogP contribution in [0.25, 0.3) is 22.2 Å². The highest BCUT2D eigenvalue weighted by molar-refractivity contribution is 7.90. The maximum Gasteiger partial charge on any atom is 0.407 e. The number of fused-ring (bicyclic) bond motifs is 3. The molecular weight excluding hydrogens is 513 g/mol. The highest BCUT2D eigenvalue weighted by Crippen LogP contribution is 2.38. The number of carboxylic acid groups (broad SMARTS) is 1. The number of para-hydroxylation sites is 1. The highest BCUT2D eigenvalue weighted by atomic mass is 32.2. The Labute approximate surface area is 208 Å². The Morgan fingerprint density at radius 3 is 2.59 bits per heavy atom. The lowest BCUT2D eigenvalue weighted by Crippen LogP contribution is -2.41. The number of nitrogens with zero attached hydrogens (tertiary/aromatic N) is 4. The van der Waals surface area contributed by atoms with Gasteiger partial charge >= 0.3 is 12.7 Å². The molecule has 4 aromatic rings. The van der Waals surface area contributed by atoms with Gasteiger partial charge in [0.2, 0.25) is 0 Å². The van der Waals surface area contributed by atoms with Crippen molar-refractivity contribution in [3.8, 4) is 16.9 Å². The molecule has 0 bridgehead atoms. The van der Waals surface area contributed by atoms with Gasteiger partial charge in [-0.15, -0.1) is 0 Å². The van der Waals surface area contributed by atoms with Gasteiger partial charge in [-0.05, 0) is 24.3 Å². The minimum absolute atomic E-state index is 0.0886. The number of benzene rings is 2. The van der Waals surface area contributed by atoms with Gasteiger partial charge in [0.15, 0.2) is 14.9 Å². The molecule has 0 radical (unpaired) electrons. The molecule has 1 atom stereocenters. The van der Waals surface area contributed by atoms with Gasteiger partial charge in [0.05, 0.1) is 23.6 Å². The number of aromatic nitrogens is 3. The monoisotopic (exact) mass is 532 g/mol. The molecule has 1 aliphatic heterocycles. The lowest BCUT2D eigenvalue weighted by atomic mass is 10.0.